The second-order valence-electron chi connectivity index (χ2n) is 5.05. The van der Waals surface area contributed by atoms with Crippen molar-refractivity contribution in [2.45, 2.75) is 6.42 Å². The third kappa shape index (κ3) is 3.55. The highest BCUT2D eigenvalue weighted by atomic mass is 35.5. The summed E-state index contributed by atoms with van der Waals surface area (Å²) in [5, 5.41) is 11.2. The smallest absolute Gasteiger partial charge is 0.230 e. The molecular formula is C17H15ClN4O2. The van der Waals surface area contributed by atoms with Crippen LogP contribution in [0.25, 0.3) is 5.69 Å². The molecule has 24 heavy (non-hydrogen) atoms. The molecule has 0 bridgehead atoms. The number of carbonyl (C=O) groups excluding carboxylic acids is 1. The number of hydrogen-bond donors (Lipinski definition) is 1. The number of benzene rings is 2. The Labute approximate surface area is 144 Å². The van der Waals surface area contributed by atoms with Gasteiger partial charge in [0.1, 0.15) is 5.75 Å². The predicted molar refractivity (Wildman–Crippen MR) is 91.7 cm³/mol. The third-order valence-electron chi connectivity index (χ3n) is 3.41. The van der Waals surface area contributed by atoms with Crippen molar-refractivity contribution in [3.63, 3.8) is 0 Å². The Kier molecular flexibility index (Phi) is 4.77. The van der Waals surface area contributed by atoms with Crippen molar-refractivity contribution in [1.82, 2.24) is 15.0 Å². The SMILES string of the molecule is COc1ccc(Cl)cc1CC(=O)Nc1cnnn1-c1ccccc1. The first-order valence-electron chi connectivity index (χ1n) is 7.26. The van der Waals surface area contributed by atoms with Gasteiger partial charge in [-0.3, -0.25) is 4.79 Å². The van der Waals surface area contributed by atoms with Gasteiger partial charge in [-0.05, 0) is 30.3 Å². The van der Waals surface area contributed by atoms with E-state index in [1.165, 1.54) is 6.20 Å². The summed E-state index contributed by atoms with van der Waals surface area (Å²) in [4.78, 5) is 12.4. The summed E-state index contributed by atoms with van der Waals surface area (Å²) < 4.78 is 6.82. The maximum atomic E-state index is 12.4. The zero-order valence-corrected chi connectivity index (χ0v) is 13.7. The van der Waals surface area contributed by atoms with Gasteiger partial charge in [0.25, 0.3) is 0 Å². The lowest BCUT2D eigenvalue weighted by Crippen LogP contribution is -2.17. The van der Waals surface area contributed by atoms with E-state index < -0.39 is 0 Å². The third-order valence-corrected chi connectivity index (χ3v) is 3.65. The molecule has 0 radical (unpaired) electrons. The van der Waals surface area contributed by atoms with Gasteiger partial charge in [-0.2, -0.15) is 4.68 Å². The Bertz CT molecular complexity index is 849. The lowest BCUT2D eigenvalue weighted by atomic mass is 10.1. The summed E-state index contributed by atoms with van der Waals surface area (Å²) in [6, 6.07) is 14.6. The number of amides is 1. The van der Waals surface area contributed by atoms with Crippen molar-refractivity contribution < 1.29 is 9.53 Å². The van der Waals surface area contributed by atoms with E-state index in [-0.39, 0.29) is 12.3 Å². The Morgan fingerprint density at radius 2 is 2.04 bits per heavy atom. The van der Waals surface area contributed by atoms with Gasteiger partial charge < -0.3 is 10.1 Å². The molecule has 122 valence electrons. The average molecular weight is 343 g/mol. The van der Waals surface area contributed by atoms with Gasteiger partial charge in [0.2, 0.25) is 5.91 Å². The summed E-state index contributed by atoms with van der Waals surface area (Å²) in [7, 11) is 1.55. The van der Waals surface area contributed by atoms with Crippen LogP contribution in [-0.4, -0.2) is 28.0 Å². The van der Waals surface area contributed by atoms with Crippen LogP contribution in [-0.2, 0) is 11.2 Å². The van der Waals surface area contributed by atoms with Gasteiger partial charge in [0, 0.05) is 10.6 Å². The number of anilines is 1. The Morgan fingerprint density at radius 1 is 1.25 bits per heavy atom. The minimum atomic E-state index is -0.213. The molecule has 0 aliphatic rings. The second-order valence-corrected chi connectivity index (χ2v) is 5.48. The number of carbonyl (C=O) groups is 1. The van der Waals surface area contributed by atoms with Crippen molar-refractivity contribution in [3.8, 4) is 11.4 Å². The first-order valence-corrected chi connectivity index (χ1v) is 7.63. The van der Waals surface area contributed by atoms with Crippen molar-refractivity contribution in [2.24, 2.45) is 0 Å². The molecule has 0 saturated carbocycles. The molecule has 0 unspecified atom stereocenters. The molecule has 6 nitrogen and oxygen atoms in total. The monoisotopic (exact) mass is 342 g/mol. The predicted octanol–water partition coefficient (Wildman–Crippen LogP) is 3.11. The van der Waals surface area contributed by atoms with Gasteiger partial charge in [0.05, 0.1) is 25.4 Å². The highest BCUT2D eigenvalue weighted by Crippen LogP contribution is 2.23. The van der Waals surface area contributed by atoms with E-state index in [2.05, 4.69) is 15.6 Å². The van der Waals surface area contributed by atoms with Gasteiger partial charge in [0.15, 0.2) is 5.82 Å². The highest BCUT2D eigenvalue weighted by Gasteiger charge is 2.13. The van der Waals surface area contributed by atoms with Crippen LogP contribution < -0.4 is 10.1 Å². The standard InChI is InChI=1S/C17H15ClN4O2/c1-24-15-8-7-13(18)9-12(15)10-17(23)20-16-11-19-21-22(16)14-5-3-2-4-6-14/h2-9,11H,10H2,1H3,(H,20,23). The molecule has 7 heteroatoms. The molecule has 2 aromatic carbocycles. The van der Waals surface area contributed by atoms with Crippen LogP contribution >= 0.6 is 11.6 Å². The van der Waals surface area contributed by atoms with Gasteiger partial charge >= 0.3 is 0 Å². The fraction of sp³-hybridized carbons (Fsp3) is 0.118. The number of hydrogen-bond acceptors (Lipinski definition) is 4. The molecule has 0 spiro atoms. The van der Waals surface area contributed by atoms with Gasteiger partial charge in [-0.1, -0.05) is 35.0 Å². The Hall–Kier alpha value is -2.86. The number of nitrogens with zero attached hydrogens (tertiary/aromatic N) is 3. The topological polar surface area (TPSA) is 69.0 Å². The first-order chi connectivity index (χ1) is 11.7. The van der Waals surface area contributed by atoms with Gasteiger partial charge in [-0.15, -0.1) is 5.10 Å². The van der Waals surface area contributed by atoms with Crippen LogP contribution in [0.3, 0.4) is 0 Å². The molecule has 0 aliphatic carbocycles. The molecule has 1 amide bonds. The quantitative estimate of drug-likeness (QED) is 0.773. The van der Waals surface area contributed by atoms with E-state index in [4.69, 9.17) is 16.3 Å². The summed E-state index contributed by atoms with van der Waals surface area (Å²) in [5.74, 6) is 0.895. The maximum Gasteiger partial charge on any atom is 0.230 e. The van der Waals surface area contributed by atoms with E-state index in [0.717, 1.165) is 5.69 Å². The Balaban J connectivity index is 1.77. The van der Waals surface area contributed by atoms with Crippen molar-refractivity contribution in [3.05, 3.63) is 65.3 Å². The number of halogens is 1. The second kappa shape index (κ2) is 7.14. The van der Waals surface area contributed by atoms with Crippen LogP contribution in [0.2, 0.25) is 5.02 Å². The highest BCUT2D eigenvalue weighted by molar-refractivity contribution is 6.30. The molecule has 3 rings (SSSR count). The number of para-hydroxylation sites is 1. The summed E-state index contributed by atoms with van der Waals surface area (Å²) in [6.07, 6.45) is 1.63. The minimum Gasteiger partial charge on any atom is -0.496 e. The van der Waals surface area contributed by atoms with Crippen LogP contribution in [0.5, 0.6) is 5.75 Å². The fourth-order valence-corrected chi connectivity index (χ4v) is 2.52. The van der Waals surface area contributed by atoms with E-state index in [1.807, 2.05) is 30.3 Å². The molecule has 1 heterocycles. The molecule has 1 aromatic heterocycles. The average Bonchev–Trinajstić information content (AvgIpc) is 3.04. The van der Waals surface area contributed by atoms with Crippen molar-refractivity contribution in [2.75, 3.05) is 12.4 Å². The van der Waals surface area contributed by atoms with Crippen LogP contribution in [0.1, 0.15) is 5.56 Å². The fourth-order valence-electron chi connectivity index (χ4n) is 2.33. The van der Waals surface area contributed by atoms with Crippen molar-refractivity contribution in [1.29, 1.82) is 0 Å². The number of aromatic nitrogens is 3. The largest absolute Gasteiger partial charge is 0.496 e. The van der Waals surface area contributed by atoms with Gasteiger partial charge in [-0.25, -0.2) is 0 Å². The Morgan fingerprint density at radius 3 is 2.79 bits per heavy atom. The van der Waals surface area contributed by atoms with E-state index in [0.29, 0.717) is 22.2 Å². The number of nitrogens with one attached hydrogen (secondary N) is 1. The van der Waals surface area contributed by atoms with Crippen LogP contribution in [0.15, 0.2) is 54.7 Å². The summed E-state index contributed by atoms with van der Waals surface area (Å²) in [6.45, 7) is 0. The van der Waals surface area contributed by atoms with Crippen LogP contribution in [0, 0.1) is 0 Å². The summed E-state index contributed by atoms with van der Waals surface area (Å²) in [5.41, 5.74) is 1.52. The lowest BCUT2D eigenvalue weighted by molar-refractivity contribution is -0.115. The number of rotatable bonds is 5. The molecule has 0 saturated heterocycles. The number of ether oxygens (including phenoxy) is 1. The summed E-state index contributed by atoms with van der Waals surface area (Å²) >= 11 is 5.99. The normalized spacial score (nSPS) is 10.4. The molecule has 0 aliphatic heterocycles. The molecule has 0 fully saturated rings. The van der Waals surface area contributed by atoms with E-state index >= 15 is 0 Å². The van der Waals surface area contributed by atoms with Crippen molar-refractivity contribution >= 4 is 23.3 Å². The van der Waals surface area contributed by atoms with E-state index in [1.54, 1.807) is 30.0 Å². The van der Waals surface area contributed by atoms with Crippen LogP contribution in [0.4, 0.5) is 5.82 Å². The first kappa shape index (κ1) is 16.0. The lowest BCUT2D eigenvalue weighted by Gasteiger charge is -2.10. The molecule has 1 N–H and O–H groups in total. The zero-order chi connectivity index (χ0) is 16.9. The molecular weight excluding hydrogens is 328 g/mol. The maximum absolute atomic E-state index is 12.4. The minimum absolute atomic E-state index is 0.129. The zero-order valence-electron chi connectivity index (χ0n) is 12.9. The molecule has 3 aromatic rings. The number of methoxy groups -OCH3 is 1. The van der Waals surface area contributed by atoms with E-state index in [9.17, 15) is 4.79 Å². The molecule has 0 atom stereocenters.